The van der Waals surface area contributed by atoms with Gasteiger partial charge in [0.05, 0.1) is 0 Å². The van der Waals surface area contributed by atoms with E-state index in [1.807, 2.05) is 66.4 Å². The Morgan fingerprint density at radius 1 is 0.969 bits per heavy atom. The lowest BCUT2D eigenvalue weighted by molar-refractivity contribution is 0.0984. The van der Waals surface area contributed by atoms with Crippen molar-refractivity contribution in [3.8, 4) is 0 Å². The Bertz CT molecular complexity index is 1120. The van der Waals surface area contributed by atoms with Crippen molar-refractivity contribution in [1.29, 1.82) is 0 Å². The smallest absolute Gasteiger partial charge is 0.258 e. The summed E-state index contributed by atoms with van der Waals surface area (Å²) in [6.07, 6.45) is 5.15. The molecule has 4 rings (SSSR count). The number of hydrogen-bond acceptors (Lipinski definition) is 2. The van der Waals surface area contributed by atoms with E-state index < -0.39 is 0 Å². The second-order valence-electron chi connectivity index (χ2n) is 8.53. The van der Waals surface area contributed by atoms with E-state index in [2.05, 4.69) is 24.4 Å². The molecule has 1 N–H and O–H groups in total. The van der Waals surface area contributed by atoms with Gasteiger partial charge in [-0.15, -0.1) is 0 Å². The number of fused-ring (bicyclic) bond motifs is 1. The molecule has 4 heteroatoms. The Balaban J connectivity index is 1.49. The quantitative estimate of drug-likeness (QED) is 0.511. The van der Waals surface area contributed by atoms with Crippen LogP contribution in [-0.4, -0.2) is 18.4 Å². The highest BCUT2D eigenvalue weighted by atomic mass is 16.2. The first-order chi connectivity index (χ1) is 15.5. The zero-order valence-electron chi connectivity index (χ0n) is 18.9. The number of amides is 2. The number of anilines is 2. The highest BCUT2D eigenvalue weighted by molar-refractivity contribution is 6.08. The standard InChI is InChI=1S/C28H30N2O2/c1-3-4-8-21-11-14-25(15-12-21)29-27(31)23-13-16-26-22(19-23)10-6-17-30(26)28(32)24-9-5-7-20(2)18-24/h5,7,9,11-16,18-19H,3-4,6,8,10,17H2,1-2H3,(H,29,31). The molecule has 1 aliphatic rings. The number of unbranched alkanes of at least 4 members (excludes halogenated alkanes) is 1. The van der Waals surface area contributed by atoms with Crippen LogP contribution in [0.15, 0.2) is 66.7 Å². The predicted octanol–water partition coefficient (Wildman–Crippen LogP) is 6.18. The van der Waals surface area contributed by atoms with E-state index in [0.29, 0.717) is 17.7 Å². The molecule has 0 aromatic heterocycles. The molecule has 2 amide bonds. The Hall–Kier alpha value is -3.40. The van der Waals surface area contributed by atoms with E-state index in [4.69, 9.17) is 0 Å². The Morgan fingerprint density at radius 3 is 2.53 bits per heavy atom. The fourth-order valence-electron chi connectivity index (χ4n) is 4.22. The van der Waals surface area contributed by atoms with Gasteiger partial charge in [-0.25, -0.2) is 0 Å². The molecule has 0 spiro atoms. The number of hydrogen-bond donors (Lipinski definition) is 1. The molecule has 0 radical (unpaired) electrons. The molecule has 164 valence electrons. The molecular weight excluding hydrogens is 396 g/mol. The molecule has 0 saturated carbocycles. The van der Waals surface area contributed by atoms with E-state index in [0.717, 1.165) is 41.8 Å². The lowest BCUT2D eigenvalue weighted by Gasteiger charge is -2.30. The van der Waals surface area contributed by atoms with Gasteiger partial charge in [-0.05, 0) is 86.2 Å². The molecule has 0 atom stereocenters. The van der Waals surface area contributed by atoms with Gasteiger partial charge in [-0.1, -0.05) is 43.2 Å². The van der Waals surface area contributed by atoms with Crippen molar-refractivity contribution >= 4 is 23.2 Å². The summed E-state index contributed by atoms with van der Waals surface area (Å²) in [4.78, 5) is 27.8. The molecule has 4 nitrogen and oxygen atoms in total. The molecule has 3 aromatic rings. The minimum atomic E-state index is -0.128. The van der Waals surface area contributed by atoms with Gasteiger partial charge in [-0.3, -0.25) is 9.59 Å². The summed E-state index contributed by atoms with van der Waals surface area (Å²) in [6, 6.07) is 21.4. The van der Waals surface area contributed by atoms with Crippen molar-refractivity contribution in [2.75, 3.05) is 16.8 Å². The van der Waals surface area contributed by atoms with E-state index in [1.54, 1.807) is 0 Å². The van der Waals surface area contributed by atoms with E-state index >= 15 is 0 Å². The maximum atomic E-state index is 13.1. The van der Waals surface area contributed by atoms with Crippen molar-refractivity contribution in [1.82, 2.24) is 0 Å². The van der Waals surface area contributed by atoms with Crippen molar-refractivity contribution in [2.45, 2.75) is 46.0 Å². The Labute approximate surface area is 190 Å². The van der Waals surface area contributed by atoms with Crippen LogP contribution in [0.2, 0.25) is 0 Å². The molecule has 0 fully saturated rings. The lowest BCUT2D eigenvalue weighted by atomic mass is 9.98. The average molecular weight is 427 g/mol. The third-order valence-corrected chi connectivity index (χ3v) is 6.00. The summed E-state index contributed by atoms with van der Waals surface area (Å²) in [7, 11) is 0. The van der Waals surface area contributed by atoms with Crippen LogP contribution in [0.4, 0.5) is 11.4 Å². The van der Waals surface area contributed by atoms with Gasteiger partial charge >= 0.3 is 0 Å². The van der Waals surface area contributed by atoms with Gasteiger partial charge < -0.3 is 10.2 Å². The number of nitrogens with zero attached hydrogens (tertiary/aromatic N) is 1. The summed E-state index contributed by atoms with van der Waals surface area (Å²) in [5.41, 5.74) is 6.41. The third-order valence-electron chi connectivity index (χ3n) is 6.00. The topological polar surface area (TPSA) is 49.4 Å². The number of rotatable bonds is 6. The summed E-state index contributed by atoms with van der Waals surface area (Å²) in [6.45, 7) is 4.87. The maximum absolute atomic E-state index is 13.1. The molecule has 3 aromatic carbocycles. The van der Waals surface area contributed by atoms with Gasteiger partial charge in [0, 0.05) is 29.0 Å². The molecule has 1 aliphatic heterocycles. The second-order valence-corrected chi connectivity index (χ2v) is 8.53. The largest absolute Gasteiger partial charge is 0.322 e. The van der Waals surface area contributed by atoms with Gasteiger partial charge in [0.1, 0.15) is 0 Å². The molecule has 0 bridgehead atoms. The zero-order valence-corrected chi connectivity index (χ0v) is 18.9. The van der Waals surface area contributed by atoms with Crippen LogP contribution in [0.25, 0.3) is 0 Å². The minimum Gasteiger partial charge on any atom is -0.322 e. The van der Waals surface area contributed by atoms with Crippen LogP contribution in [-0.2, 0) is 12.8 Å². The monoisotopic (exact) mass is 426 g/mol. The van der Waals surface area contributed by atoms with Crippen molar-refractivity contribution in [3.63, 3.8) is 0 Å². The van der Waals surface area contributed by atoms with Crippen LogP contribution < -0.4 is 10.2 Å². The predicted molar refractivity (Wildman–Crippen MR) is 131 cm³/mol. The van der Waals surface area contributed by atoms with Crippen LogP contribution in [0, 0.1) is 6.92 Å². The zero-order chi connectivity index (χ0) is 22.5. The average Bonchev–Trinajstić information content (AvgIpc) is 2.82. The van der Waals surface area contributed by atoms with Crippen LogP contribution in [0.5, 0.6) is 0 Å². The maximum Gasteiger partial charge on any atom is 0.258 e. The normalized spacial score (nSPS) is 12.9. The van der Waals surface area contributed by atoms with Crippen LogP contribution >= 0.6 is 0 Å². The van der Waals surface area contributed by atoms with Crippen molar-refractivity contribution in [3.05, 3.63) is 94.5 Å². The van der Waals surface area contributed by atoms with Gasteiger partial charge in [0.2, 0.25) is 0 Å². The van der Waals surface area contributed by atoms with Crippen LogP contribution in [0.1, 0.15) is 63.6 Å². The fraction of sp³-hybridized carbons (Fsp3) is 0.286. The number of carbonyl (C=O) groups excluding carboxylic acids is 2. The van der Waals surface area contributed by atoms with E-state index in [-0.39, 0.29) is 11.8 Å². The summed E-state index contributed by atoms with van der Waals surface area (Å²) < 4.78 is 0. The summed E-state index contributed by atoms with van der Waals surface area (Å²) in [5.74, 6) is -0.119. The minimum absolute atomic E-state index is 0.00927. The van der Waals surface area contributed by atoms with Gasteiger partial charge in [0.15, 0.2) is 0 Å². The first kappa shape index (κ1) is 21.8. The fourth-order valence-corrected chi connectivity index (χ4v) is 4.22. The van der Waals surface area contributed by atoms with E-state index in [9.17, 15) is 9.59 Å². The molecular formula is C28H30N2O2. The SMILES string of the molecule is CCCCc1ccc(NC(=O)c2ccc3c(c2)CCCN3C(=O)c2cccc(C)c2)cc1. The Kier molecular flexibility index (Phi) is 6.69. The molecule has 1 heterocycles. The lowest BCUT2D eigenvalue weighted by Crippen LogP contribution is -2.35. The van der Waals surface area contributed by atoms with E-state index in [1.165, 1.54) is 18.4 Å². The number of aryl methyl sites for hydroxylation is 3. The number of nitrogens with one attached hydrogen (secondary N) is 1. The Morgan fingerprint density at radius 2 is 1.78 bits per heavy atom. The molecule has 0 aliphatic carbocycles. The van der Waals surface area contributed by atoms with Crippen LogP contribution in [0.3, 0.4) is 0 Å². The molecule has 32 heavy (non-hydrogen) atoms. The summed E-state index contributed by atoms with van der Waals surface area (Å²) in [5, 5.41) is 2.99. The first-order valence-electron chi connectivity index (χ1n) is 11.5. The van der Waals surface area contributed by atoms with Crippen molar-refractivity contribution < 1.29 is 9.59 Å². The third kappa shape index (κ3) is 4.91. The summed E-state index contributed by atoms with van der Waals surface area (Å²) >= 11 is 0. The number of benzene rings is 3. The highest BCUT2D eigenvalue weighted by Gasteiger charge is 2.24. The van der Waals surface area contributed by atoms with Gasteiger partial charge in [-0.2, -0.15) is 0 Å². The molecule has 0 saturated heterocycles. The molecule has 0 unspecified atom stereocenters. The van der Waals surface area contributed by atoms with Gasteiger partial charge in [0.25, 0.3) is 11.8 Å². The van der Waals surface area contributed by atoms with Crippen molar-refractivity contribution in [2.24, 2.45) is 0 Å². The second kappa shape index (κ2) is 9.82. The first-order valence-corrected chi connectivity index (χ1v) is 11.5. The number of carbonyl (C=O) groups is 2. The highest BCUT2D eigenvalue weighted by Crippen LogP contribution is 2.30.